The second-order valence-electron chi connectivity index (χ2n) is 11.1. The maximum atomic E-state index is 13.1. The Balaban J connectivity index is 0.000000345. The summed E-state index contributed by atoms with van der Waals surface area (Å²) in [5.41, 5.74) is 6.15. The Morgan fingerprint density at radius 3 is 2.49 bits per heavy atom. The van der Waals surface area contributed by atoms with Gasteiger partial charge in [0.05, 0.1) is 25.7 Å². The van der Waals surface area contributed by atoms with Crippen LogP contribution in [0.2, 0.25) is 0 Å². The number of rotatable bonds is 12. The number of aliphatic carboxylic acids is 1. The van der Waals surface area contributed by atoms with Gasteiger partial charge in [-0.1, -0.05) is 5.16 Å². The SMILES string of the molecule is COCC1=C(C(=O)OC(C)OC(=O)OC(C)C)N2C(=O)[C@@H](NC(=O)/C(=N\OC)c3csc(N)n3)[C@H]2SC1.O=C(O)[C@H]1/C(=C/CO)O[C@@H]2CC(=O)N21. The van der Waals surface area contributed by atoms with Crippen LogP contribution in [-0.4, -0.2) is 136 Å². The standard InChI is InChI=1S/C21H27N5O9S2.C8H9NO5/c1-9(2)33-21(30)35-10(3)34-19(29)15-11(6-31-4)7-36-18-14(17(28)26(15)18)24-16(27)13(25-32-5)12-8-37-20(22)23-12;10-2-1-4-7(8(12)13)9-5(11)3-6(9)14-4/h8-10,14,18H,6-7H2,1-5H3,(H2,22,23)(H,24,27);1,6-7,10H,2-3H2,(H,12,13)/b25-13-;4-1-/t10?,14-,18-;6-,7-/m11/s1. The molecular weight excluding hydrogens is 720 g/mol. The fourth-order valence-electron chi connectivity index (χ4n) is 5.10. The molecule has 1 aromatic rings. The van der Waals surface area contributed by atoms with Crippen LogP contribution in [0.5, 0.6) is 0 Å². The summed E-state index contributed by atoms with van der Waals surface area (Å²) >= 11 is 2.45. The van der Waals surface area contributed by atoms with E-state index >= 15 is 0 Å². The van der Waals surface area contributed by atoms with E-state index in [0.29, 0.717) is 11.3 Å². The second-order valence-corrected chi connectivity index (χ2v) is 13.0. The number of aliphatic hydroxyl groups is 1. The molecule has 5 N–H and O–H groups in total. The van der Waals surface area contributed by atoms with Crippen molar-refractivity contribution in [3.05, 3.63) is 34.2 Å². The third-order valence-electron chi connectivity index (χ3n) is 7.17. The molecule has 5 heterocycles. The van der Waals surface area contributed by atoms with Crippen LogP contribution in [0, 0.1) is 0 Å². The number of nitrogen functional groups attached to an aromatic ring is 1. The summed E-state index contributed by atoms with van der Waals surface area (Å²) < 4.78 is 25.4. The van der Waals surface area contributed by atoms with Crippen molar-refractivity contribution in [2.75, 3.05) is 38.9 Å². The Morgan fingerprint density at radius 1 is 1.20 bits per heavy atom. The van der Waals surface area contributed by atoms with Gasteiger partial charge in [-0.2, -0.15) is 0 Å². The molecule has 3 amide bonds. The van der Waals surface area contributed by atoms with E-state index in [1.807, 2.05) is 0 Å². The average molecular weight is 757 g/mol. The lowest BCUT2D eigenvalue weighted by Crippen LogP contribution is -2.71. The van der Waals surface area contributed by atoms with E-state index in [1.165, 1.54) is 54.2 Å². The first-order valence-corrected chi connectivity index (χ1v) is 17.0. The third-order valence-corrected chi connectivity index (χ3v) is 9.18. The number of esters is 1. The third kappa shape index (κ3) is 8.69. The Hall–Kier alpha value is -4.93. The molecule has 4 aliphatic rings. The van der Waals surface area contributed by atoms with Crippen molar-refractivity contribution in [1.29, 1.82) is 0 Å². The second kappa shape index (κ2) is 16.9. The number of anilines is 1. The molecule has 0 aromatic carbocycles. The van der Waals surface area contributed by atoms with Crippen molar-refractivity contribution in [2.45, 2.75) is 63.3 Å². The van der Waals surface area contributed by atoms with Crippen LogP contribution in [0.1, 0.15) is 32.9 Å². The molecule has 51 heavy (non-hydrogen) atoms. The van der Waals surface area contributed by atoms with Gasteiger partial charge >= 0.3 is 18.1 Å². The van der Waals surface area contributed by atoms with E-state index < -0.39 is 66.0 Å². The summed E-state index contributed by atoms with van der Waals surface area (Å²) in [6.07, 6.45) is -1.68. The number of amides is 3. The first kappa shape index (κ1) is 38.9. The molecular formula is C29H36N6O14S2. The monoisotopic (exact) mass is 756 g/mol. The Kier molecular flexibility index (Phi) is 12.8. The maximum absolute atomic E-state index is 13.1. The van der Waals surface area contributed by atoms with E-state index in [4.69, 9.17) is 44.5 Å². The Bertz CT molecular complexity index is 1640. The average Bonchev–Trinajstić information content (AvgIpc) is 3.61. The number of nitrogens with zero attached hydrogens (tertiary/aromatic N) is 4. The lowest BCUT2D eigenvalue weighted by atomic mass is 10.0. The number of nitrogens with one attached hydrogen (secondary N) is 1. The van der Waals surface area contributed by atoms with Gasteiger partial charge in [-0.25, -0.2) is 19.4 Å². The number of aromatic nitrogens is 1. The Morgan fingerprint density at radius 2 is 1.92 bits per heavy atom. The molecule has 3 saturated heterocycles. The molecule has 1 aromatic heterocycles. The highest BCUT2D eigenvalue weighted by molar-refractivity contribution is 8.00. The minimum Gasteiger partial charge on any atom is -0.479 e. The molecule has 0 radical (unpaired) electrons. The zero-order valence-electron chi connectivity index (χ0n) is 27.9. The lowest BCUT2D eigenvalue weighted by Gasteiger charge is -2.49. The van der Waals surface area contributed by atoms with Gasteiger partial charge in [-0.05, 0) is 25.5 Å². The van der Waals surface area contributed by atoms with Gasteiger partial charge in [0.2, 0.25) is 12.2 Å². The number of carboxylic acid groups (broad SMARTS) is 1. The number of hydrogen-bond donors (Lipinski definition) is 4. The van der Waals surface area contributed by atoms with Crippen molar-refractivity contribution in [3.8, 4) is 0 Å². The van der Waals surface area contributed by atoms with Crippen LogP contribution in [0.15, 0.2) is 33.6 Å². The van der Waals surface area contributed by atoms with Gasteiger partial charge in [-0.3, -0.25) is 24.2 Å². The number of β-lactam (4-membered cyclic amide) rings is 2. The molecule has 5 atom stereocenters. The summed E-state index contributed by atoms with van der Waals surface area (Å²) in [5, 5.41) is 25.0. The summed E-state index contributed by atoms with van der Waals surface area (Å²) in [6, 6.07) is -2.02. The number of methoxy groups -OCH3 is 1. The van der Waals surface area contributed by atoms with Crippen molar-refractivity contribution < 1.29 is 67.5 Å². The molecule has 22 heteroatoms. The van der Waals surface area contributed by atoms with E-state index in [2.05, 4.69) is 15.5 Å². The van der Waals surface area contributed by atoms with Crippen molar-refractivity contribution >= 4 is 69.8 Å². The fraction of sp³-hybridized carbons (Fsp3) is 0.517. The van der Waals surface area contributed by atoms with Gasteiger partial charge in [0, 0.05) is 25.2 Å². The van der Waals surface area contributed by atoms with Gasteiger partial charge < -0.3 is 49.8 Å². The highest BCUT2D eigenvalue weighted by Gasteiger charge is 2.55. The van der Waals surface area contributed by atoms with E-state index in [1.54, 1.807) is 13.8 Å². The number of ether oxygens (including phenoxy) is 5. The minimum atomic E-state index is -1.28. The first-order valence-electron chi connectivity index (χ1n) is 15.1. The predicted molar refractivity (Wildman–Crippen MR) is 175 cm³/mol. The highest BCUT2D eigenvalue weighted by Crippen LogP contribution is 2.41. The molecule has 20 nitrogen and oxygen atoms in total. The molecule has 0 saturated carbocycles. The summed E-state index contributed by atoms with van der Waals surface area (Å²) in [5.74, 6) is -3.04. The van der Waals surface area contributed by atoms with E-state index in [9.17, 15) is 28.8 Å². The molecule has 0 bridgehead atoms. The fourth-order valence-corrected chi connectivity index (χ4v) is 6.98. The highest BCUT2D eigenvalue weighted by atomic mass is 32.2. The molecule has 0 aliphatic carbocycles. The van der Waals surface area contributed by atoms with Crippen LogP contribution in [0.4, 0.5) is 9.93 Å². The molecule has 0 spiro atoms. The molecule has 5 rings (SSSR count). The molecule has 4 aliphatic heterocycles. The molecule has 278 valence electrons. The van der Waals surface area contributed by atoms with Crippen molar-refractivity contribution in [3.63, 3.8) is 0 Å². The van der Waals surface area contributed by atoms with E-state index in [0.717, 1.165) is 11.3 Å². The Labute approximate surface area is 298 Å². The number of fused-ring (bicyclic) bond motifs is 2. The number of aliphatic hydroxyl groups excluding tert-OH is 1. The van der Waals surface area contributed by atoms with Crippen LogP contribution < -0.4 is 11.1 Å². The number of oxime groups is 1. The van der Waals surface area contributed by atoms with Crippen LogP contribution in [0.25, 0.3) is 0 Å². The molecule has 3 fully saturated rings. The topological polar surface area (TPSA) is 268 Å². The van der Waals surface area contributed by atoms with Gasteiger partial charge in [0.15, 0.2) is 23.1 Å². The summed E-state index contributed by atoms with van der Waals surface area (Å²) in [7, 11) is 2.71. The van der Waals surface area contributed by atoms with Gasteiger partial charge in [0.1, 0.15) is 35.7 Å². The largest absolute Gasteiger partial charge is 0.511 e. The summed E-state index contributed by atoms with van der Waals surface area (Å²) in [6.45, 7) is 4.38. The normalized spacial score (nSPS) is 23.5. The quantitative estimate of drug-likeness (QED) is 0.0703. The van der Waals surface area contributed by atoms with Crippen LogP contribution >= 0.6 is 23.1 Å². The zero-order chi connectivity index (χ0) is 37.6. The van der Waals surface area contributed by atoms with E-state index in [-0.39, 0.29) is 53.5 Å². The number of carboxylic acids is 1. The van der Waals surface area contributed by atoms with Crippen LogP contribution in [-0.2, 0) is 52.5 Å². The van der Waals surface area contributed by atoms with Crippen LogP contribution in [0.3, 0.4) is 0 Å². The summed E-state index contributed by atoms with van der Waals surface area (Å²) in [4.78, 5) is 83.8. The number of nitrogens with two attached hydrogens (primary N) is 1. The van der Waals surface area contributed by atoms with Gasteiger partial charge in [0.25, 0.3) is 11.8 Å². The minimum absolute atomic E-state index is 0.0353. The number of hydrogen-bond acceptors (Lipinski definition) is 18. The van der Waals surface area contributed by atoms with Crippen molar-refractivity contribution in [2.24, 2.45) is 5.16 Å². The zero-order valence-corrected chi connectivity index (χ0v) is 29.6. The first-order chi connectivity index (χ1) is 24.2. The predicted octanol–water partition coefficient (Wildman–Crippen LogP) is -0.269. The number of thiazole rings is 1. The van der Waals surface area contributed by atoms with Crippen molar-refractivity contribution in [1.82, 2.24) is 20.1 Å². The lowest BCUT2D eigenvalue weighted by molar-refractivity contribution is -0.169. The number of carbonyl (C=O) groups excluding carboxylic acids is 5. The van der Waals surface area contributed by atoms with Gasteiger partial charge in [-0.15, -0.1) is 23.1 Å². The maximum Gasteiger partial charge on any atom is 0.511 e. The smallest absolute Gasteiger partial charge is 0.479 e. The molecule has 1 unspecified atom stereocenters. The number of thioether (sulfide) groups is 1. The number of carbonyl (C=O) groups is 6.